The number of methoxy groups -OCH3 is 1. The molecule has 18 heavy (non-hydrogen) atoms. The molecule has 0 radical (unpaired) electrons. The molecule has 0 aliphatic heterocycles. The highest BCUT2D eigenvalue weighted by Crippen LogP contribution is 2.22. The zero-order valence-electron chi connectivity index (χ0n) is 10.6. The van der Waals surface area contributed by atoms with Gasteiger partial charge in [0.05, 0.1) is 7.11 Å². The minimum atomic E-state index is -0.205. The van der Waals surface area contributed by atoms with Crippen molar-refractivity contribution < 1.29 is 4.74 Å². The average molecular weight is 247 g/mol. The molecule has 0 bridgehead atoms. The number of nitrogens with two attached hydrogens (primary N) is 1. The molecule has 2 rings (SSSR count). The van der Waals surface area contributed by atoms with Crippen molar-refractivity contribution in [1.29, 1.82) is 0 Å². The Kier molecular flexibility index (Phi) is 3.88. The molecule has 1 unspecified atom stereocenters. The summed E-state index contributed by atoms with van der Waals surface area (Å²) in [5, 5.41) is 4.13. The van der Waals surface area contributed by atoms with Gasteiger partial charge in [0.2, 0.25) is 5.88 Å². The summed E-state index contributed by atoms with van der Waals surface area (Å²) in [6, 6.07) is 3.56. The van der Waals surface area contributed by atoms with Crippen molar-refractivity contribution in [3.05, 3.63) is 36.0 Å². The molecular weight excluding hydrogens is 230 g/mol. The predicted octanol–water partition coefficient (Wildman–Crippen LogP) is 0.944. The van der Waals surface area contributed by atoms with Crippen molar-refractivity contribution in [2.75, 3.05) is 7.11 Å². The lowest BCUT2D eigenvalue weighted by molar-refractivity contribution is 0.387. The zero-order chi connectivity index (χ0) is 13.0. The third-order valence-corrected chi connectivity index (χ3v) is 2.79. The van der Waals surface area contributed by atoms with E-state index in [1.54, 1.807) is 19.6 Å². The second-order valence-electron chi connectivity index (χ2n) is 3.90. The predicted molar refractivity (Wildman–Crippen MR) is 67.1 cm³/mol. The first-order valence-corrected chi connectivity index (χ1v) is 5.87. The summed E-state index contributed by atoms with van der Waals surface area (Å²) in [5.74, 6) is 1.43. The van der Waals surface area contributed by atoms with Crippen molar-refractivity contribution in [3.8, 4) is 5.88 Å². The third-order valence-electron chi connectivity index (χ3n) is 2.79. The van der Waals surface area contributed by atoms with Crippen LogP contribution in [0.4, 0.5) is 0 Å². The highest BCUT2D eigenvalue weighted by Gasteiger charge is 2.15. The fourth-order valence-corrected chi connectivity index (χ4v) is 1.87. The Bertz CT molecular complexity index is 511. The van der Waals surface area contributed by atoms with Gasteiger partial charge in [-0.1, -0.05) is 6.07 Å². The van der Waals surface area contributed by atoms with E-state index in [0.29, 0.717) is 12.3 Å². The van der Waals surface area contributed by atoms with E-state index in [4.69, 9.17) is 10.5 Å². The molecule has 1 atom stereocenters. The lowest BCUT2D eigenvalue weighted by atomic mass is 10.1. The summed E-state index contributed by atoms with van der Waals surface area (Å²) in [6.45, 7) is 2.81. The van der Waals surface area contributed by atoms with Crippen molar-refractivity contribution in [2.24, 2.45) is 5.73 Å². The zero-order valence-corrected chi connectivity index (χ0v) is 10.6. The Labute approximate surface area is 106 Å². The summed E-state index contributed by atoms with van der Waals surface area (Å²) in [4.78, 5) is 8.36. The minimum Gasteiger partial charge on any atom is -0.481 e. The third kappa shape index (κ3) is 2.48. The van der Waals surface area contributed by atoms with E-state index in [0.717, 1.165) is 17.9 Å². The number of pyridine rings is 1. The number of aromatic nitrogens is 4. The molecule has 0 spiro atoms. The van der Waals surface area contributed by atoms with E-state index < -0.39 is 0 Å². The second kappa shape index (κ2) is 5.59. The average Bonchev–Trinajstić information content (AvgIpc) is 2.85. The molecule has 2 aromatic rings. The number of hydrogen-bond acceptors (Lipinski definition) is 5. The molecule has 0 aromatic carbocycles. The summed E-state index contributed by atoms with van der Waals surface area (Å²) < 4.78 is 7.04. The quantitative estimate of drug-likeness (QED) is 0.850. The highest BCUT2D eigenvalue weighted by atomic mass is 16.5. The Balaban J connectivity index is 2.19. The normalized spacial score (nSPS) is 12.4. The maximum absolute atomic E-state index is 6.19. The summed E-state index contributed by atoms with van der Waals surface area (Å²) in [5.41, 5.74) is 7.07. The van der Waals surface area contributed by atoms with Gasteiger partial charge in [-0.05, 0) is 13.0 Å². The van der Waals surface area contributed by atoms with Gasteiger partial charge in [0.15, 0.2) is 0 Å². The van der Waals surface area contributed by atoms with E-state index in [2.05, 4.69) is 15.1 Å². The van der Waals surface area contributed by atoms with Crippen LogP contribution in [0.25, 0.3) is 0 Å². The summed E-state index contributed by atoms with van der Waals surface area (Å²) in [7, 11) is 1.59. The van der Waals surface area contributed by atoms with Crippen LogP contribution < -0.4 is 10.5 Å². The molecule has 96 valence electrons. The van der Waals surface area contributed by atoms with Crippen LogP contribution in [-0.2, 0) is 13.0 Å². The Morgan fingerprint density at radius 3 is 3.00 bits per heavy atom. The molecule has 0 saturated carbocycles. The van der Waals surface area contributed by atoms with Crippen LogP contribution >= 0.6 is 0 Å². The van der Waals surface area contributed by atoms with Gasteiger partial charge in [0, 0.05) is 30.8 Å². The molecule has 0 aliphatic rings. The molecule has 2 N–H and O–H groups in total. The molecule has 2 heterocycles. The van der Waals surface area contributed by atoms with Crippen LogP contribution in [0.3, 0.4) is 0 Å². The van der Waals surface area contributed by atoms with E-state index in [9.17, 15) is 0 Å². The van der Waals surface area contributed by atoms with Crippen molar-refractivity contribution in [1.82, 2.24) is 19.7 Å². The largest absolute Gasteiger partial charge is 0.481 e. The van der Waals surface area contributed by atoms with Crippen LogP contribution in [0.2, 0.25) is 0 Å². The first-order chi connectivity index (χ1) is 8.76. The smallest absolute Gasteiger partial charge is 0.217 e. The van der Waals surface area contributed by atoms with Gasteiger partial charge in [-0.15, -0.1) is 0 Å². The number of rotatable bonds is 5. The molecular formula is C12H17N5O. The molecule has 0 saturated heterocycles. The van der Waals surface area contributed by atoms with Crippen LogP contribution in [-0.4, -0.2) is 26.9 Å². The number of hydrogen-bond donors (Lipinski definition) is 1. The molecule has 6 nitrogen and oxygen atoms in total. The van der Waals surface area contributed by atoms with E-state index in [-0.39, 0.29) is 6.04 Å². The molecule has 6 heteroatoms. The van der Waals surface area contributed by atoms with Crippen LogP contribution in [0.1, 0.15) is 24.4 Å². The molecule has 0 fully saturated rings. The van der Waals surface area contributed by atoms with Gasteiger partial charge in [0.25, 0.3) is 0 Å². The van der Waals surface area contributed by atoms with Crippen LogP contribution in [0.15, 0.2) is 24.7 Å². The Morgan fingerprint density at radius 1 is 1.44 bits per heavy atom. The molecule has 0 aliphatic carbocycles. The number of aryl methyl sites for hydroxylation is 1. The standard InChI is InChI=1S/C12H17N5O/c1-3-17-11(15-8-16-17)7-10(13)9-5-4-6-14-12(9)18-2/h4-6,8,10H,3,7,13H2,1-2H3. The van der Waals surface area contributed by atoms with Gasteiger partial charge in [-0.25, -0.2) is 9.97 Å². The van der Waals surface area contributed by atoms with E-state index in [1.165, 1.54) is 0 Å². The minimum absolute atomic E-state index is 0.205. The van der Waals surface area contributed by atoms with Crippen LogP contribution in [0.5, 0.6) is 5.88 Å². The summed E-state index contributed by atoms with van der Waals surface area (Å²) >= 11 is 0. The van der Waals surface area contributed by atoms with E-state index >= 15 is 0 Å². The van der Waals surface area contributed by atoms with Gasteiger partial charge in [-0.3, -0.25) is 4.68 Å². The first-order valence-electron chi connectivity index (χ1n) is 5.87. The van der Waals surface area contributed by atoms with Crippen molar-refractivity contribution in [3.63, 3.8) is 0 Å². The second-order valence-corrected chi connectivity index (χ2v) is 3.90. The number of ether oxygens (including phenoxy) is 1. The van der Waals surface area contributed by atoms with E-state index in [1.807, 2.05) is 23.7 Å². The lowest BCUT2D eigenvalue weighted by Gasteiger charge is -2.14. The fourth-order valence-electron chi connectivity index (χ4n) is 1.87. The van der Waals surface area contributed by atoms with Gasteiger partial charge in [-0.2, -0.15) is 5.10 Å². The topological polar surface area (TPSA) is 78.9 Å². The maximum Gasteiger partial charge on any atom is 0.217 e. The Morgan fingerprint density at radius 2 is 2.28 bits per heavy atom. The highest BCUT2D eigenvalue weighted by molar-refractivity contribution is 5.29. The Hall–Kier alpha value is -1.95. The fraction of sp³-hybridized carbons (Fsp3) is 0.417. The molecule has 0 amide bonds. The van der Waals surface area contributed by atoms with Gasteiger partial charge < -0.3 is 10.5 Å². The first kappa shape index (κ1) is 12.5. The number of nitrogens with zero attached hydrogens (tertiary/aromatic N) is 4. The summed E-state index contributed by atoms with van der Waals surface area (Å²) in [6.07, 6.45) is 3.84. The van der Waals surface area contributed by atoms with Crippen molar-refractivity contribution >= 4 is 0 Å². The maximum atomic E-state index is 6.19. The van der Waals surface area contributed by atoms with Gasteiger partial charge >= 0.3 is 0 Å². The van der Waals surface area contributed by atoms with Crippen LogP contribution in [0, 0.1) is 0 Å². The van der Waals surface area contributed by atoms with Gasteiger partial charge in [0.1, 0.15) is 12.2 Å². The monoisotopic (exact) mass is 247 g/mol. The molecule has 2 aromatic heterocycles. The lowest BCUT2D eigenvalue weighted by Crippen LogP contribution is -2.18. The van der Waals surface area contributed by atoms with Crippen molar-refractivity contribution in [2.45, 2.75) is 25.9 Å². The SMILES string of the molecule is CCn1ncnc1CC(N)c1cccnc1OC.